The Labute approximate surface area is 87.6 Å². The van der Waals surface area contributed by atoms with Gasteiger partial charge >= 0.3 is 5.97 Å². The molecule has 0 radical (unpaired) electrons. The van der Waals surface area contributed by atoms with Gasteiger partial charge < -0.3 is 5.11 Å². The fraction of sp³-hybridized carbons (Fsp3) is 0.400. The standard InChI is InChI=1S/C10H13NO2S/c1-2-9(10(12)13)14-7-8-5-3-4-6-11-8/h3-6,9H,2,7H2,1H3,(H,12,13). The first-order valence-electron chi connectivity index (χ1n) is 4.48. The molecule has 3 nitrogen and oxygen atoms in total. The first-order chi connectivity index (χ1) is 6.74. The van der Waals surface area contributed by atoms with Gasteiger partial charge in [-0.3, -0.25) is 9.78 Å². The molecule has 1 rings (SSSR count). The van der Waals surface area contributed by atoms with Gasteiger partial charge in [-0.15, -0.1) is 11.8 Å². The predicted molar refractivity (Wildman–Crippen MR) is 57.2 cm³/mol. The Bertz CT molecular complexity index is 289. The van der Waals surface area contributed by atoms with Crippen molar-refractivity contribution in [1.29, 1.82) is 0 Å². The summed E-state index contributed by atoms with van der Waals surface area (Å²) in [5, 5.41) is 8.49. The number of carboxylic acid groups (broad SMARTS) is 1. The van der Waals surface area contributed by atoms with Gasteiger partial charge in [0, 0.05) is 11.9 Å². The number of aromatic nitrogens is 1. The molecule has 0 amide bonds. The fourth-order valence-corrected chi connectivity index (χ4v) is 1.95. The van der Waals surface area contributed by atoms with Gasteiger partial charge in [-0.05, 0) is 18.6 Å². The second-order valence-corrected chi connectivity index (χ2v) is 4.06. The molecule has 1 aromatic heterocycles. The lowest BCUT2D eigenvalue weighted by Crippen LogP contribution is -2.15. The number of pyridine rings is 1. The van der Waals surface area contributed by atoms with Crippen LogP contribution in [-0.4, -0.2) is 21.3 Å². The summed E-state index contributed by atoms with van der Waals surface area (Å²) in [7, 11) is 0. The predicted octanol–water partition coefficient (Wildman–Crippen LogP) is 2.18. The van der Waals surface area contributed by atoms with E-state index in [0.717, 1.165) is 5.69 Å². The molecule has 0 aliphatic carbocycles. The molecule has 4 heteroatoms. The van der Waals surface area contributed by atoms with E-state index in [0.29, 0.717) is 12.2 Å². The van der Waals surface area contributed by atoms with Crippen molar-refractivity contribution in [2.45, 2.75) is 24.3 Å². The van der Waals surface area contributed by atoms with E-state index in [1.165, 1.54) is 11.8 Å². The van der Waals surface area contributed by atoms with Gasteiger partial charge in [0.25, 0.3) is 0 Å². The summed E-state index contributed by atoms with van der Waals surface area (Å²) in [4.78, 5) is 14.8. The van der Waals surface area contributed by atoms with E-state index in [-0.39, 0.29) is 5.25 Å². The van der Waals surface area contributed by atoms with Crippen molar-refractivity contribution in [2.75, 3.05) is 0 Å². The van der Waals surface area contributed by atoms with E-state index in [2.05, 4.69) is 4.98 Å². The van der Waals surface area contributed by atoms with Gasteiger partial charge in [0.15, 0.2) is 0 Å². The Morgan fingerprint density at radius 3 is 2.93 bits per heavy atom. The highest BCUT2D eigenvalue weighted by Crippen LogP contribution is 2.19. The summed E-state index contributed by atoms with van der Waals surface area (Å²) in [6.45, 7) is 1.88. The number of carboxylic acids is 1. The van der Waals surface area contributed by atoms with Crippen LogP contribution in [0, 0.1) is 0 Å². The minimum absolute atomic E-state index is 0.322. The Balaban J connectivity index is 2.44. The van der Waals surface area contributed by atoms with Crippen molar-refractivity contribution in [1.82, 2.24) is 4.98 Å². The smallest absolute Gasteiger partial charge is 0.316 e. The lowest BCUT2D eigenvalue weighted by Gasteiger charge is -2.08. The van der Waals surface area contributed by atoms with E-state index >= 15 is 0 Å². The Morgan fingerprint density at radius 2 is 2.43 bits per heavy atom. The van der Waals surface area contributed by atoms with Gasteiger partial charge in [-0.2, -0.15) is 0 Å². The number of aliphatic carboxylic acids is 1. The third-order valence-corrected chi connectivity index (χ3v) is 3.20. The third kappa shape index (κ3) is 3.38. The summed E-state index contributed by atoms with van der Waals surface area (Å²) in [6.07, 6.45) is 2.37. The highest BCUT2D eigenvalue weighted by atomic mass is 32.2. The normalized spacial score (nSPS) is 12.4. The molecular weight excluding hydrogens is 198 g/mol. The number of hydrogen-bond acceptors (Lipinski definition) is 3. The van der Waals surface area contributed by atoms with Crippen LogP contribution in [0.3, 0.4) is 0 Å². The maximum atomic E-state index is 10.7. The van der Waals surface area contributed by atoms with Gasteiger partial charge in [-0.25, -0.2) is 0 Å². The zero-order valence-corrected chi connectivity index (χ0v) is 8.83. The molecule has 1 aromatic rings. The van der Waals surface area contributed by atoms with Crippen LogP contribution in [0.5, 0.6) is 0 Å². The van der Waals surface area contributed by atoms with Crippen molar-refractivity contribution in [2.24, 2.45) is 0 Å². The Morgan fingerprint density at radius 1 is 1.64 bits per heavy atom. The molecule has 0 bridgehead atoms. The van der Waals surface area contributed by atoms with Crippen LogP contribution < -0.4 is 0 Å². The Kier molecular flexibility index (Phi) is 4.46. The van der Waals surface area contributed by atoms with Crippen molar-refractivity contribution >= 4 is 17.7 Å². The lowest BCUT2D eigenvalue weighted by molar-refractivity contribution is -0.136. The molecule has 0 saturated carbocycles. The topological polar surface area (TPSA) is 50.2 Å². The van der Waals surface area contributed by atoms with Gasteiger partial charge in [0.05, 0.1) is 5.69 Å². The summed E-state index contributed by atoms with van der Waals surface area (Å²) >= 11 is 1.42. The largest absolute Gasteiger partial charge is 0.480 e. The first-order valence-corrected chi connectivity index (χ1v) is 5.53. The van der Waals surface area contributed by atoms with Crippen LogP contribution in [0.1, 0.15) is 19.0 Å². The number of nitrogens with zero attached hydrogens (tertiary/aromatic N) is 1. The monoisotopic (exact) mass is 211 g/mol. The van der Waals surface area contributed by atoms with Crippen LogP contribution >= 0.6 is 11.8 Å². The average Bonchev–Trinajstić information content (AvgIpc) is 2.20. The molecule has 1 heterocycles. The Hall–Kier alpha value is -1.03. The molecule has 0 aromatic carbocycles. The quantitative estimate of drug-likeness (QED) is 0.811. The third-order valence-electron chi connectivity index (χ3n) is 1.80. The van der Waals surface area contributed by atoms with Gasteiger partial charge in [0.2, 0.25) is 0 Å². The van der Waals surface area contributed by atoms with E-state index < -0.39 is 5.97 Å². The van der Waals surface area contributed by atoms with E-state index in [1.807, 2.05) is 25.1 Å². The van der Waals surface area contributed by atoms with E-state index in [4.69, 9.17) is 5.11 Å². The number of hydrogen-bond donors (Lipinski definition) is 1. The summed E-state index contributed by atoms with van der Waals surface area (Å²) < 4.78 is 0. The van der Waals surface area contributed by atoms with Crippen LogP contribution in [0.25, 0.3) is 0 Å². The summed E-state index contributed by atoms with van der Waals surface area (Å²) in [5.41, 5.74) is 0.928. The van der Waals surface area contributed by atoms with Gasteiger partial charge in [-0.1, -0.05) is 13.0 Å². The average molecular weight is 211 g/mol. The molecular formula is C10H13NO2S. The van der Waals surface area contributed by atoms with Crippen LogP contribution in [-0.2, 0) is 10.5 Å². The molecule has 1 unspecified atom stereocenters. The zero-order valence-electron chi connectivity index (χ0n) is 8.01. The molecule has 0 fully saturated rings. The highest BCUT2D eigenvalue weighted by Gasteiger charge is 2.15. The molecule has 14 heavy (non-hydrogen) atoms. The maximum Gasteiger partial charge on any atom is 0.316 e. The van der Waals surface area contributed by atoms with Crippen molar-refractivity contribution in [3.63, 3.8) is 0 Å². The second-order valence-electron chi connectivity index (χ2n) is 2.87. The van der Waals surface area contributed by atoms with Crippen molar-refractivity contribution in [3.8, 4) is 0 Å². The van der Waals surface area contributed by atoms with Crippen LogP contribution in [0.4, 0.5) is 0 Å². The summed E-state index contributed by atoms with van der Waals surface area (Å²) in [6, 6.07) is 5.66. The molecule has 1 atom stereocenters. The first kappa shape index (κ1) is 11.0. The minimum Gasteiger partial charge on any atom is -0.480 e. The molecule has 0 saturated heterocycles. The zero-order chi connectivity index (χ0) is 10.4. The number of carbonyl (C=O) groups is 1. The minimum atomic E-state index is -0.742. The molecule has 0 spiro atoms. The number of thioether (sulfide) groups is 1. The van der Waals surface area contributed by atoms with Crippen molar-refractivity contribution < 1.29 is 9.90 Å². The lowest BCUT2D eigenvalue weighted by atomic mass is 10.3. The summed E-state index contributed by atoms with van der Waals surface area (Å²) in [5.74, 6) is -0.0838. The SMILES string of the molecule is CCC(SCc1ccccn1)C(=O)O. The maximum absolute atomic E-state index is 10.7. The van der Waals surface area contributed by atoms with E-state index in [9.17, 15) is 4.79 Å². The second kappa shape index (κ2) is 5.65. The number of rotatable bonds is 5. The molecule has 76 valence electrons. The highest BCUT2D eigenvalue weighted by molar-refractivity contribution is 7.99. The molecule has 0 aliphatic heterocycles. The van der Waals surface area contributed by atoms with Crippen molar-refractivity contribution in [3.05, 3.63) is 30.1 Å². The van der Waals surface area contributed by atoms with E-state index in [1.54, 1.807) is 6.20 Å². The fourth-order valence-electron chi connectivity index (χ4n) is 1.03. The molecule has 0 aliphatic rings. The molecule has 1 N–H and O–H groups in total. The van der Waals surface area contributed by atoms with Crippen LogP contribution in [0.2, 0.25) is 0 Å². The van der Waals surface area contributed by atoms with Gasteiger partial charge in [0.1, 0.15) is 5.25 Å². The van der Waals surface area contributed by atoms with Crippen LogP contribution in [0.15, 0.2) is 24.4 Å².